The summed E-state index contributed by atoms with van der Waals surface area (Å²) in [6.07, 6.45) is 1.17. The van der Waals surface area contributed by atoms with Gasteiger partial charge < -0.3 is 5.73 Å². The molecule has 0 unspecified atom stereocenters. The summed E-state index contributed by atoms with van der Waals surface area (Å²) in [6.45, 7) is 0.261. The van der Waals surface area contributed by atoms with Gasteiger partial charge in [-0.1, -0.05) is 54.6 Å². The predicted octanol–water partition coefficient (Wildman–Crippen LogP) is 3.71. The highest BCUT2D eigenvalue weighted by molar-refractivity contribution is 5.63. The second-order valence-electron chi connectivity index (χ2n) is 4.21. The summed E-state index contributed by atoms with van der Waals surface area (Å²) in [5.41, 5.74) is 9.48. The molecule has 0 bridgehead atoms. The molecule has 0 spiro atoms. The van der Waals surface area contributed by atoms with Crippen LogP contribution < -0.4 is 5.73 Å². The third-order valence-corrected chi connectivity index (χ3v) is 2.91. The normalized spacial score (nSPS) is 11.6. The van der Waals surface area contributed by atoms with Crippen molar-refractivity contribution in [1.29, 1.82) is 0 Å². The van der Waals surface area contributed by atoms with Crippen LogP contribution in [0.2, 0.25) is 0 Å². The van der Waals surface area contributed by atoms with Gasteiger partial charge in [-0.25, -0.2) is 4.39 Å². The van der Waals surface area contributed by atoms with E-state index >= 15 is 0 Å². The van der Waals surface area contributed by atoms with Gasteiger partial charge in [-0.05, 0) is 28.7 Å². The molecule has 0 amide bonds. The van der Waals surface area contributed by atoms with Crippen LogP contribution in [-0.2, 0) is 6.42 Å². The summed E-state index contributed by atoms with van der Waals surface area (Å²) in [5.74, 6) is 0. The molecule has 0 saturated heterocycles. The minimum atomic E-state index is 0.261. The van der Waals surface area contributed by atoms with E-state index < -0.39 is 0 Å². The monoisotopic (exact) mass is 241 g/mol. The Morgan fingerprint density at radius 2 is 1.56 bits per heavy atom. The summed E-state index contributed by atoms with van der Waals surface area (Å²) in [5, 5.41) is 0. The van der Waals surface area contributed by atoms with Crippen LogP contribution in [0.4, 0.5) is 4.39 Å². The Balaban J connectivity index is 2.16. The Kier molecular flexibility index (Phi) is 4.26. The highest BCUT2D eigenvalue weighted by Gasteiger charge is 2.00. The van der Waals surface area contributed by atoms with Gasteiger partial charge in [0.2, 0.25) is 0 Å². The van der Waals surface area contributed by atoms with E-state index in [4.69, 9.17) is 5.73 Å². The number of halogens is 1. The molecule has 0 aromatic heterocycles. The molecule has 2 rings (SSSR count). The molecule has 0 atom stereocenters. The van der Waals surface area contributed by atoms with Crippen molar-refractivity contribution in [2.75, 3.05) is 6.54 Å². The third kappa shape index (κ3) is 3.05. The number of hydrogen-bond donors (Lipinski definition) is 1. The van der Waals surface area contributed by atoms with Crippen molar-refractivity contribution in [3.8, 4) is 11.1 Å². The quantitative estimate of drug-likeness (QED) is 0.867. The molecular formula is C16H16FN. The maximum atomic E-state index is 12.4. The fourth-order valence-electron chi connectivity index (χ4n) is 1.86. The molecule has 2 N–H and O–H groups in total. The lowest BCUT2D eigenvalue weighted by Crippen LogP contribution is -2.05. The van der Waals surface area contributed by atoms with E-state index in [1.165, 1.54) is 5.56 Å². The zero-order valence-electron chi connectivity index (χ0n) is 10.1. The third-order valence-electron chi connectivity index (χ3n) is 2.91. The zero-order chi connectivity index (χ0) is 12.8. The van der Waals surface area contributed by atoms with Gasteiger partial charge in [0, 0.05) is 6.54 Å². The van der Waals surface area contributed by atoms with Gasteiger partial charge in [-0.3, -0.25) is 0 Å². The van der Waals surface area contributed by atoms with E-state index in [-0.39, 0.29) is 6.54 Å². The lowest BCUT2D eigenvalue weighted by Gasteiger charge is -2.05. The van der Waals surface area contributed by atoms with Crippen molar-refractivity contribution >= 4 is 0 Å². The van der Waals surface area contributed by atoms with Crippen LogP contribution in [0, 0.1) is 0 Å². The molecule has 0 aliphatic rings. The summed E-state index contributed by atoms with van der Waals surface area (Å²) in [7, 11) is 0. The zero-order valence-corrected chi connectivity index (χ0v) is 10.1. The minimum Gasteiger partial charge on any atom is -0.327 e. The smallest absolute Gasteiger partial charge is 0.0875 e. The summed E-state index contributed by atoms with van der Waals surface area (Å²) < 4.78 is 12.4. The maximum absolute atomic E-state index is 12.4. The Bertz CT molecular complexity index is 515. The van der Waals surface area contributed by atoms with Gasteiger partial charge in [0.15, 0.2) is 0 Å². The Labute approximate surface area is 107 Å². The maximum Gasteiger partial charge on any atom is 0.0875 e. The number of nitrogens with two attached hydrogens (primary N) is 1. The van der Waals surface area contributed by atoms with Crippen molar-refractivity contribution in [2.24, 2.45) is 5.73 Å². The Morgan fingerprint density at radius 3 is 2.11 bits per heavy atom. The SMILES string of the molecule is NC/C(=C/F)Cc1ccc(-c2ccccc2)cc1. The Morgan fingerprint density at radius 1 is 0.944 bits per heavy atom. The van der Waals surface area contributed by atoms with Crippen LogP contribution >= 0.6 is 0 Å². The van der Waals surface area contributed by atoms with E-state index in [9.17, 15) is 4.39 Å². The lowest BCUT2D eigenvalue weighted by molar-refractivity contribution is 0.699. The lowest BCUT2D eigenvalue weighted by atomic mass is 10.0. The van der Waals surface area contributed by atoms with Gasteiger partial charge in [0.25, 0.3) is 0 Å². The molecule has 2 aromatic carbocycles. The van der Waals surface area contributed by atoms with Gasteiger partial charge in [0.05, 0.1) is 6.33 Å². The van der Waals surface area contributed by atoms with Crippen LogP contribution in [0.3, 0.4) is 0 Å². The topological polar surface area (TPSA) is 26.0 Å². The molecule has 0 heterocycles. The average molecular weight is 241 g/mol. The van der Waals surface area contributed by atoms with Crippen LogP contribution in [0.15, 0.2) is 66.5 Å². The summed E-state index contributed by atoms with van der Waals surface area (Å²) >= 11 is 0. The van der Waals surface area contributed by atoms with E-state index in [1.807, 2.05) is 30.3 Å². The first-order chi connectivity index (χ1) is 8.83. The first kappa shape index (κ1) is 12.5. The molecule has 2 aromatic rings. The first-order valence-electron chi connectivity index (χ1n) is 5.96. The van der Waals surface area contributed by atoms with Crippen molar-refractivity contribution in [3.05, 3.63) is 72.1 Å². The first-order valence-corrected chi connectivity index (χ1v) is 5.96. The molecule has 0 aliphatic heterocycles. The van der Waals surface area contributed by atoms with Crippen LogP contribution in [-0.4, -0.2) is 6.54 Å². The highest BCUT2D eigenvalue weighted by Crippen LogP contribution is 2.20. The van der Waals surface area contributed by atoms with E-state index in [0.29, 0.717) is 18.3 Å². The average Bonchev–Trinajstić information content (AvgIpc) is 2.46. The summed E-state index contributed by atoms with van der Waals surface area (Å²) in [4.78, 5) is 0. The molecule has 0 saturated carbocycles. The van der Waals surface area contributed by atoms with Crippen molar-refractivity contribution in [2.45, 2.75) is 6.42 Å². The molecular weight excluding hydrogens is 225 g/mol. The fourth-order valence-corrected chi connectivity index (χ4v) is 1.86. The predicted molar refractivity (Wildman–Crippen MR) is 73.8 cm³/mol. The fraction of sp³-hybridized carbons (Fsp3) is 0.125. The molecule has 0 radical (unpaired) electrons. The van der Waals surface area contributed by atoms with E-state index in [0.717, 1.165) is 11.1 Å². The van der Waals surface area contributed by atoms with Crippen molar-refractivity contribution < 1.29 is 4.39 Å². The van der Waals surface area contributed by atoms with Crippen molar-refractivity contribution in [3.63, 3.8) is 0 Å². The molecule has 92 valence electrons. The molecule has 18 heavy (non-hydrogen) atoms. The molecule has 0 fully saturated rings. The van der Waals surface area contributed by atoms with Gasteiger partial charge in [-0.2, -0.15) is 0 Å². The van der Waals surface area contributed by atoms with Crippen LogP contribution in [0.1, 0.15) is 5.56 Å². The number of benzene rings is 2. The van der Waals surface area contributed by atoms with E-state index in [2.05, 4.69) is 24.3 Å². The van der Waals surface area contributed by atoms with Crippen LogP contribution in [0.5, 0.6) is 0 Å². The molecule has 1 nitrogen and oxygen atoms in total. The Hall–Kier alpha value is -1.93. The number of hydrogen-bond acceptors (Lipinski definition) is 1. The molecule has 0 aliphatic carbocycles. The van der Waals surface area contributed by atoms with Gasteiger partial charge >= 0.3 is 0 Å². The largest absolute Gasteiger partial charge is 0.327 e. The summed E-state index contributed by atoms with van der Waals surface area (Å²) in [6, 6.07) is 18.3. The molecule has 2 heteroatoms. The number of rotatable bonds is 4. The van der Waals surface area contributed by atoms with Crippen LogP contribution in [0.25, 0.3) is 11.1 Å². The second kappa shape index (κ2) is 6.12. The van der Waals surface area contributed by atoms with Crippen molar-refractivity contribution in [1.82, 2.24) is 0 Å². The van der Waals surface area contributed by atoms with Gasteiger partial charge in [-0.15, -0.1) is 0 Å². The van der Waals surface area contributed by atoms with E-state index in [1.54, 1.807) is 0 Å². The second-order valence-corrected chi connectivity index (χ2v) is 4.21. The minimum absolute atomic E-state index is 0.261. The highest BCUT2D eigenvalue weighted by atomic mass is 19.1. The van der Waals surface area contributed by atoms with Gasteiger partial charge in [0.1, 0.15) is 0 Å². The standard InChI is InChI=1S/C16H16FN/c17-11-14(12-18)10-13-6-8-16(9-7-13)15-4-2-1-3-5-15/h1-9,11H,10,12,18H2/b14-11+.